The van der Waals surface area contributed by atoms with E-state index in [4.69, 9.17) is 21.0 Å². The molecule has 6 aromatic carbocycles. The lowest BCUT2D eigenvalue weighted by Crippen LogP contribution is -2.27. The first-order valence-corrected chi connectivity index (χ1v) is 27.8. The van der Waals surface area contributed by atoms with Crippen molar-refractivity contribution >= 4 is 62.1 Å². The number of nitrogens with zero attached hydrogens (tertiary/aromatic N) is 4. The number of pyridine rings is 2. The molecule has 1 spiro atoms. The van der Waals surface area contributed by atoms with E-state index in [0.717, 1.165) is 103 Å². The van der Waals surface area contributed by atoms with Crippen molar-refractivity contribution in [1.82, 2.24) is 9.97 Å². The average molecular weight is 1050 g/mol. The van der Waals surface area contributed by atoms with Crippen molar-refractivity contribution in [3.63, 3.8) is 0 Å². The Balaban J connectivity index is 1.14. The Morgan fingerprint density at radius 3 is 1.96 bits per heavy atom. The molecule has 3 aromatic heterocycles. The number of anilines is 5. The summed E-state index contributed by atoms with van der Waals surface area (Å²) >= 11 is 0. The quantitative estimate of drug-likeness (QED) is 0.0958. The summed E-state index contributed by atoms with van der Waals surface area (Å²) in [5, 5.41) is 2.21. The van der Waals surface area contributed by atoms with Gasteiger partial charge in [0.15, 0.2) is 5.76 Å². The molecule has 3 heterocycles. The van der Waals surface area contributed by atoms with Gasteiger partial charge in [0.2, 0.25) is 0 Å². The van der Waals surface area contributed by atoms with Gasteiger partial charge < -0.3 is 14.2 Å². The average Bonchev–Trinajstić information content (AvgIpc) is 1.91. The fraction of sp³-hybridized carbons (Fsp3) is 0.105. The summed E-state index contributed by atoms with van der Waals surface area (Å²) in [5.74, 6) is 1.43. The van der Waals surface area contributed by atoms with Crippen LogP contribution < -0.4 is 9.80 Å². The minimum Gasteiger partial charge on any atom is -0.459 e. The Morgan fingerprint density at radius 1 is 0.605 bits per heavy atom. The van der Waals surface area contributed by atoms with Crippen molar-refractivity contribution in [2.24, 2.45) is 0 Å². The van der Waals surface area contributed by atoms with Gasteiger partial charge in [-0.25, -0.2) is 0 Å². The second-order valence-electron chi connectivity index (χ2n) is 21.2. The van der Waals surface area contributed by atoms with Gasteiger partial charge in [-0.15, -0.1) is 0 Å². The first kappa shape index (κ1) is 51.9. The highest BCUT2D eigenvalue weighted by atomic mass is 16.3. The molecule has 12 rings (SSSR count). The molecule has 0 amide bonds. The van der Waals surface area contributed by atoms with E-state index in [1.165, 1.54) is 44.5 Å². The first-order chi connectivity index (χ1) is 39.6. The van der Waals surface area contributed by atoms with Crippen molar-refractivity contribution in [1.29, 1.82) is 0 Å². The molecule has 81 heavy (non-hydrogen) atoms. The first-order valence-electron chi connectivity index (χ1n) is 27.8. The lowest BCUT2D eigenvalue weighted by molar-refractivity contribution is 0.519. The molecule has 5 heteroatoms. The van der Waals surface area contributed by atoms with Gasteiger partial charge in [0.05, 0.1) is 40.6 Å². The van der Waals surface area contributed by atoms with Crippen LogP contribution in [0.3, 0.4) is 0 Å². The van der Waals surface area contributed by atoms with E-state index < -0.39 is 5.41 Å². The standard InChI is InChI=1S/C76H64N4O/c1-9-11-28-64-52(5)76(69-33-23-22-30-66(64)69)53(6)72(74-65(29-12-10-2)55(8)81-75(74)54(7)79(62-40-34-50(3)77-48-62)60-44-38-59(39-45-60)58-26-18-15-19-27-58)73-68-32-21-20-31-67(68)71(47-70(73)76)80(63-41-35-51(4)78-49-63)61-42-36-57(37-43-61)46-56-24-16-13-14-17-25-56/h9-24,26-45,47-49H,1-2,7,25,46H2,3-6,8H3/b28-11-,29-12-. The Morgan fingerprint density at radius 2 is 1.25 bits per heavy atom. The van der Waals surface area contributed by atoms with E-state index >= 15 is 0 Å². The number of fused-ring (bicyclic) bond motifs is 6. The number of aromatic nitrogens is 2. The third-order valence-corrected chi connectivity index (χ3v) is 16.4. The molecule has 3 aliphatic rings. The van der Waals surface area contributed by atoms with Crippen molar-refractivity contribution in [2.45, 2.75) is 52.9 Å². The van der Waals surface area contributed by atoms with Gasteiger partial charge in [-0.05, 0) is 169 Å². The predicted octanol–water partition coefficient (Wildman–Crippen LogP) is 19.9. The van der Waals surface area contributed by atoms with Crippen molar-refractivity contribution < 1.29 is 4.42 Å². The van der Waals surface area contributed by atoms with Gasteiger partial charge >= 0.3 is 0 Å². The van der Waals surface area contributed by atoms with Gasteiger partial charge in [0, 0.05) is 39.3 Å². The SMILES string of the molecule is C=C/C=C\C1=C(C)C2(C(C)=C(c3c(C(=C)N(c4ccc(-c5ccccc5)cc4)c4ccc(C)nc4)oc(C)c3/C=C\C=C)c3c2cc(N(c2ccc(CC4=CC=CC=CC4)cc2)c2ccc(C)nc2)c2ccccc32)c2ccccc21. The zero-order valence-electron chi connectivity index (χ0n) is 46.7. The minimum absolute atomic E-state index is 0.660. The smallest absolute Gasteiger partial charge is 0.158 e. The van der Waals surface area contributed by atoms with E-state index in [1.807, 2.05) is 50.5 Å². The van der Waals surface area contributed by atoms with Crippen LogP contribution in [0.2, 0.25) is 0 Å². The molecule has 5 nitrogen and oxygen atoms in total. The molecule has 3 aliphatic carbocycles. The molecular weight excluding hydrogens is 985 g/mol. The maximum Gasteiger partial charge on any atom is 0.158 e. The molecule has 1 unspecified atom stereocenters. The number of benzene rings is 6. The van der Waals surface area contributed by atoms with Crippen LogP contribution in [-0.2, 0) is 11.8 Å². The third-order valence-electron chi connectivity index (χ3n) is 16.4. The molecule has 0 saturated carbocycles. The summed E-state index contributed by atoms with van der Waals surface area (Å²) in [5.41, 5.74) is 22.9. The highest BCUT2D eigenvalue weighted by Crippen LogP contribution is 2.65. The molecule has 0 aliphatic heterocycles. The van der Waals surface area contributed by atoms with Crippen molar-refractivity contribution in [3.05, 3.63) is 329 Å². The number of aryl methyl sites for hydroxylation is 3. The summed E-state index contributed by atoms with van der Waals surface area (Å²) in [6.07, 6.45) is 28.7. The molecule has 0 radical (unpaired) electrons. The summed E-state index contributed by atoms with van der Waals surface area (Å²) in [7, 11) is 0. The maximum atomic E-state index is 7.26. The molecule has 9 aromatic rings. The Kier molecular flexibility index (Phi) is 13.9. The van der Waals surface area contributed by atoms with E-state index in [-0.39, 0.29) is 0 Å². The third kappa shape index (κ3) is 9.11. The number of hydrogen-bond donors (Lipinski definition) is 0. The monoisotopic (exact) mass is 1050 g/mol. The Hall–Kier alpha value is -9.84. The lowest BCUT2D eigenvalue weighted by Gasteiger charge is -2.34. The minimum atomic E-state index is -0.728. The normalized spacial score (nSPS) is 15.4. The highest BCUT2D eigenvalue weighted by Gasteiger charge is 2.53. The lowest BCUT2D eigenvalue weighted by atomic mass is 9.69. The van der Waals surface area contributed by atoms with Gasteiger partial charge in [-0.3, -0.25) is 9.97 Å². The summed E-state index contributed by atoms with van der Waals surface area (Å²) in [4.78, 5) is 14.4. The topological polar surface area (TPSA) is 45.4 Å². The van der Waals surface area contributed by atoms with E-state index in [9.17, 15) is 0 Å². The van der Waals surface area contributed by atoms with Crippen LogP contribution in [0.4, 0.5) is 28.4 Å². The summed E-state index contributed by atoms with van der Waals surface area (Å²) < 4.78 is 7.26. The van der Waals surface area contributed by atoms with Crippen molar-refractivity contribution in [2.75, 3.05) is 9.80 Å². The number of furan rings is 1. The van der Waals surface area contributed by atoms with Crippen LogP contribution in [-0.4, -0.2) is 9.97 Å². The number of rotatable bonds is 15. The number of hydrogen-bond acceptors (Lipinski definition) is 5. The van der Waals surface area contributed by atoms with Gasteiger partial charge in [-0.1, -0.05) is 195 Å². The van der Waals surface area contributed by atoms with E-state index in [1.54, 1.807) is 0 Å². The predicted molar refractivity (Wildman–Crippen MR) is 341 cm³/mol. The Bertz CT molecular complexity index is 4180. The molecule has 1 atom stereocenters. The Labute approximate surface area is 477 Å². The summed E-state index contributed by atoms with van der Waals surface area (Å²) in [6.45, 7) is 24.1. The van der Waals surface area contributed by atoms with Gasteiger partial charge in [0.1, 0.15) is 5.76 Å². The van der Waals surface area contributed by atoms with Crippen LogP contribution in [0, 0.1) is 20.8 Å². The van der Waals surface area contributed by atoms with E-state index in [2.05, 4.69) is 244 Å². The van der Waals surface area contributed by atoms with E-state index in [0.29, 0.717) is 11.5 Å². The van der Waals surface area contributed by atoms with Crippen LogP contribution in [0.1, 0.15) is 82.1 Å². The molecule has 0 bridgehead atoms. The summed E-state index contributed by atoms with van der Waals surface area (Å²) in [6, 6.07) is 57.1. The maximum absolute atomic E-state index is 7.26. The molecule has 0 saturated heterocycles. The van der Waals surface area contributed by atoms with Crippen molar-refractivity contribution in [3.8, 4) is 11.1 Å². The largest absolute Gasteiger partial charge is 0.459 e. The molecule has 0 fully saturated rings. The highest BCUT2D eigenvalue weighted by molar-refractivity contribution is 6.13. The second-order valence-corrected chi connectivity index (χ2v) is 21.2. The number of allylic oxidation sites excluding steroid dienone is 14. The molecular formula is C76H64N4O. The fourth-order valence-corrected chi connectivity index (χ4v) is 12.6. The van der Waals surface area contributed by atoms with Gasteiger partial charge in [0.25, 0.3) is 0 Å². The van der Waals surface area contributed by atoms with Crippen LogP contribution in [0.15, 0.2) is 272 Å². The van der Waals surface area contributed by atoms with Gasteiger partial charge in [-0.2, -0.15) is 0 Å². The second kappa shape index (κ2) is 21.8. The van der Waals surface area contributed by atoms with Crippen LogP contribution >= 0.6 is 0 Å². The molecule has 394 valence electrons. The van der Waals surface area contributed by atoms with Crippen LogP contribution in [0.5, 0.6) is 0 Å². The zero-order chi connectivity index (χ0) is 55.8. The zero-order valence-corrected chi connectivity index (χ0v) is 46.7. The fourth-order valence-electron chi connectivity index (χ4n) is 12.6. The van der Waals surface area contributed by atoms with Crippen LogP contribution in [0.25, 0.3) is 44.8 Å². The molecule has 0 N–H and O–H groups in total.